The van der Waals surface area contributed by atoms with Crippen molar-refractivity contribution in [1.29, 1.82) is 0 Å². The maximum absolute atomic E-state index is 13.2. The van der Waals surface area contributed by atoms with Crippen molar-refractivity contribution in [2.45, 2.75) is 71.4 Å². The van der Waals surface area contributed by atoms with Gasteiger partial charge in [0.15, 0.2) is 11.2 Å². The largest absolute Gasteiger partial charge is 0.469 e. The summed E-state index contributed by atoms with van der Waals surface area (Å²) in [6, 6.07) is -0.121. The van der Waals surface area contributed by atoms with Crippen LogP contribution in [0.15, 0.2) is 9.59 Å². The van der Waals surface area contributed by atoms with Crippen LogP contribution in [0.5, 0.6) is 0 Å². The second kappa shape index (κ2) is 10.3. The molecule has 3 heterocycles. The minimum Gasteiger partial charge on any atom is -0.469 e. The van der Waals surface area contributed by atoms with Crippen LogP contribution in [-0.2, 0) is 29.5 Å². The Morgan fingerprint density at radius 2 is 1.94 bits per heavy atom. The number of imidazole rings is 1. The van der Waals surface area contributed by atoms with E-state index in [2.05, 4.69) is 10.1 Å². The van der Waals surface area contributed by atoms with Gasteiger partial charge in [-0.3, -0.25) is 18.7 Å². The molecule has 0 saturated carbocycles. The Labute approximate surface area is 182 Å². The third-order valence-electron chi connectivity index (χ3n) is 6.27. The van der Waals surface area contributed by atoms with Crippen LogP contribution >= 0.6 is 0 Å². The Bertz CT molecular complexity index is 1030. The number of nitrogens with one attached hydrogen (secondary N) is 1. The lowest BCUT2D eigenvalue weighted by Gasteiger charge is -2.22. The second-order valence-electron chi connectivity index (χ2n) is 8.73. The van der Waals surface area contributed by atoms with Crippen LogP contribution in [0.3, 0.4) is 0 Å². The highest BCUT2D eigenvalue weighted by Crippen LogP contribution is 2.20. The summed E-state index contributed by atoms with van der Waals surface area (Å²) in [6.07, 6.45) is 5.54. The van der Waals surface area contributed by atoms with Gasteiger partial charge in [-0.1, -0.05) is 0 Å². The van der Waals surface area contributed by atoms with E-state index in [9.17, 15) is 14.4 Å². The summed E-state index contributed by atoms with van der Waals surface area (Å²) in [5.74, 6) is 1.23. The SMILES string of the molecule is COC(=O)CCCCn1c(=O)c2c(nc(CCC3CCNCC3)n2C)n(C(C)C)c1=O. The molecule has 0 aromatic carbocycles. The quantitative estimate of drug-likeness (QED) is 0.478. The molecule has 2 aromatic rings. The zero-order valence-corrected chi connectivity index (χ0v) is 19.1. The summed E-state index contributed by atoms with van der Waals surface area (Å²) < 4.78 is 9.42. The van der Waals surface area contributed by atoms with Crippen molar-refractivity contribution in [2.24, 2.45) is 13.0 Å². The van der Waals surface area contributed by atoms with Crippen LogP contribution < -0.4 is 16.6 Å². The molecule has 172 valence electrons. The van der Waals surface area contributed by atoms with Crippen molar-refractivity contribution in [3.05, 3.63) is 26.7 Å². The minimum absolute atomic E-state index is 0.121. The van der Waals surface area contributed by atoms with Gasteiger partial charge in [-0.25, -0.2) is 9.78 Å². The van der Waals surface area contributed by atoms with E-state index in [1.54, 1.807) is 4.57 Å². The Hall–Kier alpha value is -2.42. The van der Waals surface area contributed by atoms with E-state index in [-0.39, 0.29) is 36.2 Å². The second-order valence-corrected chi connectivity index (χ2v) is 8.73. The molecule has 1 aliphatic heterocycles. The van der Waals surface area contributed by atoms with Gasteiger partial charge in [0.05, 0.1) is 7.11 Å². The number of piperidine rings is 1. The molecule has 0 bridgehead atoms. The van der Waals surface area contributed by atoms with Crippen molar-refractivity contribution in [3.8, 4) is 0 Å². The average Bonchev–Trinajstić information content (AvgIpc) is 3.07. The Morgan fingerprint density at radius 3 is 2.58 bits per heavy atom. The van der Waals surface area contributed by atoms with Gasteiger partial charge >= 0.3 is 11.7 Å². The maximum atomic E-state index is 13.2. The molecule has 1 fully saturated rings. The van der Waals surface area contributed by atoms with Crippen molar-refractivity contribution in [1.82, 2.24) is 24.0 Å². The Balaban J connectivity index is 1.91. The van der Waals surface area contributed by atoms with Gasteiger partial charge in [0, 0.05) is 32.5 Å². The van der Waals surface area contributed by atoms with E-state index in [4.69, 9.17) is 4.98 Å². The predicted octanol–water partition coefficient (Wildman–Crippen LogP) is 1.75. The molecule has 1 saturated heterocycles. The molecule has 0 spiro atoms. The summed E-state index contributed by atoms with van der Waals surface area (Å²) in [5, 5.41) is 3.39. The highest BCUT2D eigenvalue weighted by atomic mass is 16.5. The third-order valence-corrected chi connectivity index (χ3v) is 6.27. The first-order valence-electron chi connectivity index (χ1n) is 11.3. The zero-order chi connectivity index (χ0) is 22.5. The molecule has 9 heteroatoms. The van der Waals surface area contributed by atoms with Crippen LogP contribution in [0, 0.1) is 5.92 Å². The summed E-state index contributed by atoms with van der Waals surface area (Å²) in [5.41, 5.74) is 0.298. The maximum Gasteiger partial charge on any atom is 0.332 e. The number of carbonyl (C=O) groups excluding carboxylic acids is 1. The number of rotatable bonds is 9. The number of ether oxygens (including phenoxy) is 1. The van der Waals surface area contributed by atoms with Crippen molar-refractivity contribution in [2.75, 3.05) is 20.2 Å². The van der Waals surface area contributed by atoms with E-state index in [0.29, 0.717) is 29.9 Å². The molecule has 1 N–H and O–H groups in total. The van der Waals surface area contributed by atoms with E-state index in [0.717, 1.165) is 31.8 Å². The van der Waals surface area contributed by atoms with Gasteiger partial charge in [0.25, 0.3) is 5.56 Å². The molecule has 0 aliphatic carbocycles. The number of hydrogen-bond donors (Lipinski definition) is 1. The summed E-state index contributed by atoms with van der Waals surface area (Å²) in [7, 11) is 3.22. The number of aryl methyl sites for hydroxylation is 2. The van der Waals surface area contributed by atoms with Crippen LogP contribution in [0.25, 0.3) is 11.2 Å². The van der Waals surface area contributed by atoms with E-state index in [1.807, 2.05) is 25.5 Å². The van der Waals surface area contributed by atoms with Crippen LogP contribution in [0.4, 0.5) is 0 Å². The van der Waals surface area contributed by atoms with Crippen molar-refractivity contribution >= 4 is 17.1 Å². The zero-order valence-electron chi connectivity index (χ0n) is 19.1. The summed E-state index contributed by atoms with van der Waals surface area (Å²) in [6.45, 7) is 6.24. The smallest absolute Gasteiger partial charge is 0.332 e. The van der Waals surface area contributed by atoms with Crippen LogP contribution in [-0.4, -0.2) is 44.9 Å². The van der Waals surface area contributed by atoms with Crippen molar-refractivity contribution < 1.29 is 9.53 Å². The topological polar surface area (TPSA) is 100 Å². The lowest BCUT2D eigenvalue weighted by Crippen LogP contribution is -2.41. The van der Waals surface area contributed by atoms with Crippen LogP contribution in [0.2, 0.25) is 0 Å². The molecule has 9 nitrogen and oxygen atoms in total. The number of fused-ring (bicyclic) bond motifs is 1. The number of hydrogen-bond acceptors (Lipinski definition) is 6. The molecule has 3 rings (SSSR count). The number of nitrogens with zero attached hydrogens (tertiary/aromatic N) is 4. The molecular weight excluding hydrogens is 398 g/mol. The average molecular weight is 434 g/mol. The Kier molecular flexibility index (Phi) is 7.69. The lowest BCUT2D eigenvalue weighted by molar-refractivity contribution is -0.140. The van der Waals surface area contributed by atoms with E-state index in [1.165, 1.54) is 24.5 Å². The molecule has 0 radical (unpaired) electrons. The number of aromatic nitrogens is 4. The highest BCUT2D eigenvalue weighted by Gasteiger charge is 2.22. The van der Waals surface area contributed by atoms with Gasteiger partial charge in [-0.2, -0.15) is 0 Å². The van der Waals surface area contributed by atoms with E-state index >= 15 is 0 Å². The normalized spacial score (nSPS) is 15.1. The summed E-state index contributed by atoms with van der Waals surface area (Å²) >= 11 is 0. The molecular formula is C22H35N5O4. The number of methoxy groups -OCH3 is 1. The Morgan fingerprint density at radius 1 is 1.23 bits per heavy atom. The lowest BCUT2D eigenvalue weighted by atomic mass is 9.93. The molecule has 0 atom stereocenters. The first kappa shape index (κ1) is 23.2. The minimum atomic E-state index is -0.339. The first-order chi connectivity index (χ1) is 14.8. The third kappa shape index (κ3) is 5.08. The van der Waals surface area contributed by atoms with Gasteiger partial charge < -0.3 is 14.6 Å². The number of esters is 1. The molecule has 2 aromatic heterocycles. The van der Waals surface area contributed by atoms with Gasteiger partial charge in [-0.05, 0) is 65.0 Å². The fourth-order valence-electron chi connectivity index (χ4n) is 4.40. The summed E-state index contributed by atoms with van der Waals surface area (Å²) in [4.78, 5) is 42.4. The van der Waals surface area contributed by atoms with Crippen LogP contribution in [0.1, 0.15) is 64.2 Å². The standard InChI is InChI=1S/C22H35N5O4/c1-15(2)27-20-19(21(29)26(22(27)30)14-6-5-7-18(28)31-4)25(3)17(24-20)9-8-16-10-12-23-13-11-16/h15-16,23H,5-14H2,1-4H3. The fourth-order valence-corrected chi connectivity index (χ4v) is 4.40. The van der Waals surface area contributed by atoms with Gasteiger partial charge in [0.2, 0.25) is 0 Å². The van der Waals surface area contributed by atoms with Crippen molar-refractivity contribution in [3.63, 3.8) is 0 Å². The number of carbonyl (C=O) groups is 1. The monoisotopic (exact) mass is 433 g/mol. The highest BCUT2D eigenvalue weighted by molar-refractivity contribution is 5.71. The van der Waals surface area contributed by atoms with Gasteiger partial charge in [-0.15, -0.1) is 0 Å². The van der Waals surface area contributed by atoms with Gasteiger partial charge in [0.1, 0.15) is 5.82 Å². The fraction of sp³-hybridized carbons (Fsp3) is 0.727. The molecule has 1 aliphatic rings. The number of unbranched alkanes of at least 4 members (excludes halogenated alkanes) is 1. The first-order valence-corrected chi connectivity index (χ1v) is 11.3. The molecule has 0 unspecified atom stereocenters. The molecule has 31 heavy (non-hydrogen) atoms. The van der Waals surface area contributed by atoms with E-state index < -0.39 is 0 Å². The predicted molar refractivity (Wildman–Crippen MR) is 119 cm³/mol. The molecule has 0 amide bonds.